The van der Waals surface area contributed by atoms with E-state index in [-0.39, 0.29) is 33.3 Å². The Morgan fingerprint density at radius 2 is 1.56 bits per heavy atom. The highest BCUT2D eigenvalue weighted by Crippen LogP contribution is 2.38. The van der Waals surface area contributed by atoms with Gasteiger partial charge in [-0.3, -0.25) is 19.5 Å². The van der Waals surface area contributed by atoms with Gasteiger partial charge in [-0.1, -0.05) is 42.5 Å². The summed E-state index contributed by atoms with van der Waals surface area (Å²) < 4.78 is 66.2. The third-order valence-electron chi connectivity index (χ3n) is 5.64. The molecule has 3 aromatic carbocycles. The van der Waals surface area contributed by atoms with Gasteiger partial charge in [0, 0.05) is 25.6 Å². The van der Waals surface area contributed by atoms with Crippen LogP contribution >= 0.6 is 0 Å². The van der Waals surface area contributed by atoms with Gasteiger partial charge in [0.15, 0.2) is 17.3 Å². The number of nitro benzene ring substituents is 1. The minimum atomic E-state index is -5.03. The maximum atomic E-state index is 14.9. The first kappa shape index (κ1) is 27.1. The average molecular weight is 545 g/mol. The number of benzene rings is 3. The van der Waals surface area contributed by atoms with E-state index in [0.29, 0.717) is 18.6 Å². The van der Waals surface area contributed by atoms with Crippen molar-refractivity contribution in [3.63, 3.8) is 0 Å². The van der Waals surface area contributed by atoms with Crippen LogP contribution in [0.2, 0.25) is 0 Å². The Balaban J connectivity index is 1.74. The second-order valence-corrected chi connectivity index (χ2v) is 8.20. The first-order chi connectivity index (χ1) is 18.5. The quantitative estimate of drug-likeness (QED) is 0.175. The van der Waals surface area contributed by atoms with Gasteiger partial charge >= 0.3 is 17.6 Å². The van der Waals surface area contributed by atoms with Crippen molar-refractivity contribution in [2.75, 3.05) is 6.61 Å². The molecular formula is C26H19F4N3O6. The number of alkyl halides is 3. The lowest BCUT2D eigenvalue weighted by Crippen LogP contribution is -2.41. The molecule has 0 aliphatic carbocycles. The van der Waals surface area contributed by atoms with Gasteiger partial charge in [-0.05, 0) is 17.7 Å². The zero-order valence-corrected chi connectivity index (χ0v) is 20.1. The maximum absolute atomic E-state index is 14.9. The van der Waals surface area contributed by atoms with E-state index in [1.165, 1.54) is 12.1 Å². The van der Waals surface area contributed by atoms with E-state index in [1.54, 1.807) is 12.1 Å². The summed E-state index contributed by atoms with van der Waals surface area (Å²) in [4.78, 5) is 35.8. The van der Waals surface area contributed by atoms with Crippen molar-refractivity contribution >= 4 is 5.69 Å². The molecular weight excluding hydrogens is 526 g/mol. The lowest BCUT2D eigenvalue weighted by molar-refractivity contribution is -0.385. The fourth-order valence-corrected chi connectivity index (χ4v) is 3.74. The van der Waals surface area contributed by atoms with Crippen molar-refractivity contribution in [1.82, 2.24) is 9.13 Å². The summed E-state index contributed by atoms with van der Waals surface area (Å²) in [5.41, 5.74) is -5.25. The third-order valence-corrected chi connectivity index (χ3v) is 5.64. The Hall–Kier alpha value is -4.94. The largest absolute Gasteiger partial charge is 0.489 e. The number of para-hydroxylation sites is 2. The van der Waals surface area contributed by atoms with Gasteiger partial charge in [0.1, 0.15) is 5.69 Å². The van der Waals surface area contributed by atoms with Crippen LogP contribution in [0.4, 0.5) is 23.2 Å². The zero-order valence-electron chi connectivity index (χ0n) is 20.1. The van der Waals surface area contributed by atoms with E-state index in [9.17, 15) is 37.3 Å². The SMILES string of the molecule is Cn1c(C(F)(F)F)cc(=O)n(-c2cc(Oc3ccccc3OCCc3ccccc3)c([N+](=O)[O-])cc2F)c1=O. The van der Waals surface area contributed by atoms with Crippen LogP contribution in [-0.4, -0.2) is 20.7 Å². The number of rotatable bonds is 8. The summed E-state index contributed by atoms with van der Waals surface area (Å²) in [6, 6.07) is 16.8. The minimum absolute atomic E-state index is 0.00103. The van der Waals surface area contributed by atoms with Crippen molar-refractivity contribution in [3.05, 3.63) is 121 Å². The molecule has 0 bridgehead atoms. The first-order valence-corrected chi connectivity index (χ1v) is 11.3. The Morgan fingerprint density at radius 1 is 0.923 bits per heavy atom. The molecule has 0 fully saturated rings. The van der Waals surface area contributed by atoms with Crippen molar-refractivity contribution < 1.29 is 32.0 Å². The Labute approximate surface area is 217 Å². The van der Waals surface area contributed by atoms with Crippen LogP contribution in [-0.2, 0) is 19.6 Å². The van der Waals surface area contributed by atoms with Crippen LogP contribution < -0.4 is 20.7 Å². The number of ether oxygens (including phenoxy) is 2. The molecule has 0 spiro atoms. The summed E-state index contributed by atoms with van der Waals surface area (Å²) >= 11 is 0. The molecule has 1 aromatic heterocycles. The molecule has 4 rings (SSSR count). The van der Waals surface area contributed by atoms with E-state index in [2.05, 4.69) is 0 Å². The molecule has 0 N–H and O–H groups in total. The monoisotopic (exact) mass is 545 g/mol. The summed E-state index contributed by atoms with van der Waals surface area (Å²) in [7, 11) is 0.755. The van der Waals surface area contributed by atoms with Gasteiger partial charge in [-0.2, -0.15) is 13.2 Å². The predicted molar refractivity (Wildman–Crippen MR) is 131 cm³/mol. The summed E-state index contributed by atoms with van der Waals surface area (Å²) in [6.45, 7) is 0.220. The zero-order chi connectivity index (χ0) is 28.3. The number of hydrogen-bond donors (Lipinski definition) is 0. The third kappa shape index (κ3) is 5.81. The van der Waals surface area contributed by atoms with E-state index < -0.39 is 51.0 Å². The van der Waals surface area contributed by atoms with Gasteiger partial charge < -0.3 is 9.47 Å². The van der Waals surface area contributed by atoms with Crippen LogP contribution in [0.1, 0.15) is 11.3 Å². The van der Waals surface area contributed by atoms with Crippen LogP contribution in [0.25, 0.3) is 5.69 Å². The second-order valence-electron chi connectivity index (χ2n) is 8.20. The molecule has 0 saturated carbocycles. The summed E-state index contributed by atoms with van der Waals surface area (Å²) in [5, 5.41) is 11.6. The lowest BCUT2D eigenvalue weighted by atomic mass is 10.2. The standard InChI is InChI=1S/C26H19F4N3O6/c1-31-23(26(28,29)30)15-24(34)32(25(31)35)18-14-22(19(33(36)37)13-17(18)27)39-21-10-6-5-9-20(21)38-12-11-16-7-3-2-4-8-16/h2-10,13-15H,11-12H2,1H3. The number of nitro groups is 1. The lowest BCUT2D eigenvalue weighted by Gasteiger charge is -2.16. The van der Waals surface area contributed by atoms with Crippen LogP contribution in [0.15, 0.2) is 82.4 Å². The molecule has 0 atom stereocenters. The topological polar surface area (TPSA) is 106 Å². The molecule has 13 heteroatoms. The van der Waals surface area contributed by atoms with Crippen molar-refractivity contribution in [3.8, 4) is 22.9 Å². The molecule has 0 amide bonds. The Morgan fingerprint density at radius 3 is 2.21 bits per heavy atom. The summed E-state index contributed by atoms with van der Waals surface area (Å²) in [5.74, 6) is -1.79. The molecule has 0 saturated heterocycles. The number of hydrogen-bond acceptors (Lipinski definition) is 6. The fraction of sp³-hybridized carbons (Fsp3) is 0.154. The molecule has 0 radical (unpaired) electrons. The number of nitrogens with zero attached hydrogens (tertiary/aromatic N) is 3. The molecule has 0 unspecified atom stereocenters. The van der Waals surface area contributed by atoms with Crippen LogP contribution in [0.3, 0.4) is 0 Å². The van der Waals surface area contributed by atoms with Gasteiger partial charge in [0.25, 0.3) is 5.56 Å². The Bertz CT molecular complexity index is 1650. The highest BCUT2D eigenvalue weighted by molar-refractivity contribution is 5.56. The van der Waals surface area contributed by atoms with Gasteiger partial charge in [0.2, 0.25) is 5.75 Å². The van der Waals surface area contributed by atoms with E-state index in [0.717, 1.165) is 12.6 Å². The van der Waals surface area contributed by atoms with E-state index >= 15 is 0 Å². The minimum Gasteiger partial charge on any atom is -0.489 e. The Kier molecular flexibility index (Phi) is 7.51. The highest BCUT2D eigenvalue weighted by Gasteiger charge is 2.35. The van der Waals surface area contributed by atoms with E-state index in [4.69, 9.17) is 9.47 Å². The molecule has 1 heterocycles. The highest BCUT2D eigenvalue weighted by atomic mass is 19.4. The average Bonchev–Trinajstić information content (AvgIpc) is 2.88. The van der Waals surface area contributed by atoms with Crippen molar-refractivity contribution in [2.45, 2.75) is 12.6 Å². The first-order valence-electron chi connectivity index (χ1n) is 11.3. The maximum Gasteiger partial charge on any atom is 0.431 e. The molecule has 9 nitrogen and oxygen atoms in total. The number of aromatic nitrogens is 2. The molecule has 0 aliphatic heterocycles. The number of halogens is 4. The summed E-state index contributed by atoms with van der Waals surface area (Å²) in [6.07, 6.45) is -4.49. The van der Waals surface area contributed by atoms with E-state index in [1.807, 2.05) is 30.3 Å². The normalized spacial score (nSPS) is 11.3. The van der Waals surface area contributed by atoms with Gasteiger partial charge in [-0.25, -0.2) is 13.8 Å². The van der Waals surface area contributed by atoms with Gasteiger partial charge in [0.05, 0.1) is 23.3 Å². The molecule has 0 aliphatic rings. The molecule has 39 heavy (non-hydrogen) atoms. The van der Waals surface area contributed by atoms with Crippen LogP contribution in [0, 0.1) is 15.9 Å². The van der Waals surface area contributed by atoms with Gasteiger partial charge in [-0.15, -0.1) is 0 Å². The van der Waals surface area contributed by atoms with Crippen molar-refractivity contribution in [2.24, 2.45) is 7.05 Å². The predicted octanol–water partition coefficient (Wildman–Crippen LogP) is 5.02. The molecule has 202 valence electrons. The molecule has 4 aromatic rings. The van der Waals surface area contributed by atoms with Crippen molar-refractivity contribution in [1.29, 1.82) is 0 Å². The van der Waals surface area contributed by atoms with Crippen LogP contribution in [0.5, 0.6) is 17.2 Å². The fourth-order valence-electron chi connectivity index (χ4n) is 3.74. The second kappa shape index (κ2) is 10.8. The smallest absolute Gasteiger partial charge is 0.431 e.